The lowest BCUT2D eigenvalue weighted by atomic mass is 10.1. The standard InChI is InChI=1S/C19H18N4O2/c1-11-2-3-12(18(24)21-15-6-7-15)8-16(11)22-19(25)13-4-5-14-10-20-23-17(14)9-13/h2-5,8-10,15H,6-7H2,1H3,(H,20,23)(H,21,24)(H,22,25). The molecule has 126 valence electrons. The van der Waals surface area contributed by atoms with E-state index in [2.05, 4.69) is 20.8 Å². The summed E-state index contributed by atoms with van der Waals surface area (Å²) in [4.78, 5) is 24.8. The molecule has 1 heterocycles. The molecule has 0 spiro atoms. The molecular formula is C19H18N4O2. The molecule has 0 aliphatic heterocycles. The van der Waals surface area contributed by atoms with Crippen LogP contribution in [0.15, 0.2) is 42.6 Å². The average Bonchev–Trinajstić information content (AvgIpc) is 3.29. The number of anilines is 1. The van der Waals surface area contributed by atoms with Crippen LogP contribution in [0.1, 0.15) is 39.1 Å². The molecule has 6 nitrogen and oxygen atoms in total. The number of aromatic nitrogens is 2. The quantitative estimate of drug-likeness (QED) is 0.685. The fourth-order valence-electron chi connectivity index (χ4n) is 2.67. The molecule has 0 unspecified atom stereocenters. The highest BCUT2D eigenvalue weighted by molar-refractivity contribution is 6.07. The van der Waals surface area contributed by atoms with E-state index in [0.29, 0.717) is 22.9 Å². The Bertz CT molecular complexity index is 972. The predicted molar refractivity (Wildman–Crippen MR) is 95.7 cm³/mol. The minimum atomic E-state index is -0.223. The molecule has 3 aromatic rings. The van der Waals surface area contributed by atoms with Crippen molar-refractivity contribution in [2.75, 3.05) is 5.32 Å². The predicted octanol–water partition coefficient (Wildman–Crippen LogP) is 3.02. The zero-order chi connectivity index (χ0) is 17.4. The lowest BCUT2D eigenvalue weighted by Crippen LogP contribution is -2.25. The van der Waals surface area contributed by atoms with E-state index < -0.39 is 0 Å². The summed E-state index contributed by atoms with van der Waals surface area (Å²) in [5, 5.41) is 13.6. The molecule has 1 aromatic heterocycles. The van der Waals surface area contributed by atoms with Crippen molar-refractivity contribution in [1.82, 2.24) is 15.5 Å². The van der Waals surface area contributed by atoms with Crippen molar-refractivity contribution in [1.29, 1.82) is 0 Å². The number of nitrogens with zero attached hydrogens (tertiary/aromatic N) is 1. The SMILES string of the molecule is Cc1ccc(C(=O)NC2CC2)cc1NC(=O)c1ccc2cn[nH]c2c1. The molecular weight excluding hydrogens is 316 g/mol. The Morgan fingerprint density at radius 3 is 2.64 bits per heavy atom. The summed E-state index contributed by atoms with van der Waals surface area (Å²) in [6.07, 6.45) is 3.79. The van der Waals surface area contributed by atoms with E-state index in [4.69, 9.17) is 0 Å². The molecule has 0 atom stereocenters. The van der Waals surface area contributed by atoms with Crippen LogP contribution in [0, 0.1) is 6.92 Å². The number of carbonyl (C=O) groups is 2. The van der Waals surface area contributed by atoms with E-state index >= 15 is 0 Å². The van der Waals surface area contributed by atoms with Gasteiger partial charge in [0.05, 0.1) is 11.7 Å². The number of aromatic amines is 1. The molecule has 1 aliphatic rings. The number of amides is 2. The molecule has 3 N–H and O–H groups in total. The highest BCUT2D eigenvalue weighted by Crippen LogP contribution is 2.22. The molecule has 4 rings (SSSR count). The Hall–Kier alpha value is -3.15. The van der Waals surface area contributed by atoms with Gasteiger partial charge in [0.15, 0.2) is 0 Å². The minimum Gasteiger partial charge on any atom is -0.349 e. The van der Waals surface area contributed by atoms with Gasteiger partial charge >= 0.3 is 0 Å². The van der Waals surface area contributed by atoms with Gasteiger partial charge in [-0.25, -0.2) is 0 Å². The Kier molecular flexibility index (Phi) is 3.72. The van der Waals surface area contributed by atoms with Gasteiger partial charge in [0.25, 0.3) is 11.8 Å². The summed E-state index contributed by atoms with van der Waals surface area (Å²) in [6.45, 7) is 1.90. The minimum absolute atomic E-state index is 0.100. The molecule has 6 heteroatoms. The molecule has 2 amide bonds. The first kappa shape index (κ1) is 15.4. The number of carbonyl (C=O) groups excluding carboxylic acids is 2. The lowest BCUT2D eigenvalue weighted by Gasteiger charge is -2.11. The van der Waals surface area contributed by atoms with Gasteiger partial charge in [-0.1, -0.05) is 12.1 Å². The van der Waals surface area contributed by atoms with Gasteiger partial charge in [0.1, 0.15) is 0 Å². The Balaban J connectivity index is 1.56. The summed E-state index contributed by atoms with van der Waals surface area (Å²) in [7, 11) is 0. The maximum Gasteiger partial charge on any atom is 0.255 e. The van der Waals surface area contributed by atoms with Gasteiger partial charge in [0, 0.05) is 28.2 Å². The summed E-state index contributed by atoms with van der Waals surface area (Å²) in [5.74, 6) is -0.323. The fraction of sp³-hybridized carbons (Fsp3) is 0.211. The highest BCUT2D eigenvalue weighted by Gasteiger charge is 2.24. The topological polar surface area (TPSA) is 86.9 Å². The number of hydrogen-bond donors (Lipinski definition) is 3. The van der Waals surface area contributed by atoms with E-state index in [1.54, 1.807) is 30.5 Å². The fourth-order valence-corrected chi connectivity index (χ4v) is 2.67. The molecule has 1 fully saturated rings. The van der Waals surface area contributed by atoms with E-state index in [9.17, 15) is 9.59 Å². The third-order valence-electron chi connectivity index (χ3n) is 4.36. The van der Waals surface area contributed by atoms with E-state index in [0.717, 1.165) is 29.3 Å². The smallest absolute Gasteiger partial charge is 0.255 e. The summed E-state index contributed by atoms with van der Waals surface area (Å²) in [6, 6.07) is 11.0. The Morgan fingerprint density at radius 1 is 1.08 bits per heavy atom. The summed E-state index contributed by atoms with van der Waals surface area (Å²) < 4.78 is 0. The van der Waals surface area contributed by atoms with Gasteiger partial charge < -0.3 is 10.6 Å². The second-order valence-corrected chi connectivity index (χ2v) is 6.40. The van der Waals surface area contributed by atoms with Crippen molar-refractivity contribution in [2.24, 2.45) is 0 Å². The van der Waals surface area contributed by atoms with Crippen LogP contribution in [0.4, 0.5) is 5.69 Å². The molecule has 1 saturated carbocycles. The molecule has 2 aromatic carbocycles. The first-order valence-corrected chi connectivity index (χ1v) is 8.26. The van der Waals surface area contributed by atoms with Gasteiger partial charge in [-0.05, 0) is 49.6 Å². The van der Waals surface area contributed by atoms with Gasteiger partial charge in [-0.3, -0.25) is 14.7 Å². The second kappa shape index (κ2) is 6.05. The number of aryl methyl sites for hydroxylation is 1. The van der Waals surface area contributed by atoms with Crippen molar-refractivity contribution >= 4 is 28.4 Å². The van der Waals surface area contributed by atoms with Crippen LogP contribution in [0.25, 0.3) is 10.9 Å². The Labute approximate surface area is 144 Å². The maximum absolute atomic E-state index is 12.6. The summed E-state index contributed by atoms with van der Waals surface area (Å²) >= 11 is 0. The van der Waals surface area contributed by atoms with E-state index in [-0.39, 0.29) is 11.8 Å². The number of hydrogen-bond acceptors (Lipinski definition) is 3. The number of H-pyrrole nitrogens is 1. The summed E-state index contributed by atoms with van der Waals surface area (Å²) in [5.41, 5.74) is 3.43. The van der Waals surface area contributed by atoms with Crippen molar-refractivity contribution in [3.63, 3.8) is 0 Å². The zero-order valence-corrected chi connectivity index (χ0v) is 13.8. The van der Waals surface area contributed by atoms with E-state index in [1.807, 2.05) is 19.1 Å². The number of benzene rings is 2. The maximum atomic E-state index is 12.6. The van der Waals surface area contributed by atoms with Crippen molar-refractivity contribution in [2.45, 2.75) is 25.8 Å². The lowest BCUT2D eigenvalue weighted by molar-refractivity contribution is 0.0949. The van der Waals surface area contributed by atoms with Crippen molar-refractivity contribution in [3.8, 4) is 0 Å². The molecule has 1 aliphatic carbocycles. The van der Waals surface area contributed by atoms with Crippen LogP contribution in [0.3, 0.4) is 0 Å². The van der Waals surface area contributed by atoms with Crippen molar-refractivity contribution in [3.05, 3.63) is 59.3 Å². The second-order valence-electron chi connectivity index (χ2n) is 6.40. The van der Waals surface area contributed by atoms with Crippen LogP contribution in [-0.2, 0) is 0 Å². The van der Waals surface area contributed by atoms with E-state index in [1.165, 1.54) is 0 Å². The third-order valence-corrected chi connectivity index (χ3v) is 4.36. The third kappa shape index (κ3) is 3.24. The van der Waals surface area contributed by atoms with Gasteiger partial charge in [-0.15, -0.1) is 0 Å². The first-order valence-electron chi connectivity index (χ1n) is 8.26. The molecule has 0 bridgehead atoms. The largest absolute Gasteiger partial charge is 0.349 e. The van der Waals surface area contributed by atoms with Crippen LogP contribution >= 0.6 is 0 Å². The monoisotopic (exact) mass is 334 g/mol. The average molecular weight is 334 g/mol. The van der Waals surface area contributed by atoms with Crippen LogP contribution in [0.5, 0.6) is 0 Å². The van der Waals surface area contributed by atoms with Crippen LogP contribution in [0.2, 0.25) is 0 Å². The number of nitrogens with one attached hydrogen (secondary N) is 3. The zero-order valence-electron chi connectivity index (χ0n) is 13.8. The molecule has 0 radical (unpaired) electrons. The number of rotatable bonds is 4. The van der Waals surface area contributed by atoms with Crippen molar-refractivity contribution < 1.29 is 9.59 Å². The Morgan fingerprint density at radius 2 is 1.84 bits per heavy atom. The molecule has 0 saturated heterocycles. The van der Waals surface area contributed by atoms with Gasteiger partial charge in [0.2, 0.25) is 0 Å². The van der Waals surface area contributed by atoms with Gasteiger partial charge in [-0.2, -0.15) is 5.10 Å². The normalized spacial score (nSPS) is 13.6. The van der Waals surface area contributed by atoms with Crippen LogP contribution in [-0.4, -0.2) is 28.1 Å². The number of fused-ring (bicyclic) bond motifs is 1. The van der Waals surface area contributed by atoms with Crippen LogP contribution < -0.4 is 10.6 Å². The highest BCUT2D eigenvalue weighted by atomic mass is 16.2. The molecule has 25 heavy (non-hydrogen) atoms. The first-order chi connectivity index (χ1) is 12.1.